The molecule has 1 fully saturated rings. The molecular weight excluding hydrogens is 278 g/mol. The highest BCUT2D eigenvalue weighted by Gasteiger charge is 2.33. The Bertz CT molecular complexity index is 376. The number of hydrogen-bond donors (Lipinski definition) is 1. The van der Waals surface area contributed by atoms with Crippen LogP contribution in [0.25, 0.3) is 0 Å². The molecule has 1 aromatic rings. The maximum atomic E-state index is 5.28. The van der Waals surface area contributed by atoms with Crippen LogP contribution in [0.15, 0.2) is 28.7 Å². The minimum absolute atomic E-state index is 0.333. The number of hydrogen-bond acceptors (Lipinski definition) is 2. The third kappa shape index (κ3) is 3.30. The average molecular weight is 298 g/mol. The van der Waals surface area contributed by atoms with Gasteiger partial charge in [0.05, 0.1) is 13.2 Å². The Morgan fingerprint density at radius 2 is 2.24 bits per heavy atom. The number of nitrogens with one attached hydrogen (secondary N) is 1. The molecule has 1 aliphatic heterocycles. The zero-order valence-electron chi connectivity index (χ0n) is 10.5. The van der Waals surface area contributed by atoms with Crippen LogP contribution in [-0.2, 0) is 4.74 Å². The summed E-state index contributed by atoms with van der Waals surface area (Å²) in [5.74, 6) is 0. The van der Waals surface area contributed by atoms with E-state index in [2.05, 4.69) is 59.4 Å². The van der Waals surface area contributed by atoms with Crippen LogP contribution in [0.1, 0.15) is 31.9 Å². The highest BCUT2D eigenvalue weighted by Crippen LogP contribution is 2.27. The summed E-state index contributed by atoms with van der Waals surface area (Å²) in [6, 6.07) is 8.98. The van der Waals surface area contributed by atoms with Crippen LogP contribution in [0.2, 0.25) is 0 Å². The monoisotopic (exact) mass is 297 g/mol. The fraction of sp³-hybridized carbons (Fsp3) is 0.571. The second-order valence-electron chi connectivity index (χ2n) is 5.20. The molecule has 0 saturated carbocycles. The second-order valence-corrected chi connectivity index (χ2v) is 6.12. The summed E-state index contributed by atoms with van der Waals surface area (Å²) < 4.78 is 6.43. The molecule has 1 heterocycles. The van der Waals surface area contributed by atoms with Crippen molar-refractivity contribution in [3.05, 3.63) is 34.3 Å². The van der Waals surface area contributed by atoms with Gasteiger partial charge in [0.25, 0.3) is 0 Å². The summed E-state index contributed by atoms with van der Waals surface area (Å²) in [5.41, 5.74) is 1.69. The predicted octanol–water partition coefficient (Wildman–Crippen LogP) is 3.53. The smallest absolute Gasteiger partial charge is 0.0554 e. The van der Waals surface area contributed by atoms with Gasteiger partial charge in [-0.3, -0.25) is 0 Å². The Morgan fingerprint density at radius 1 is 1.47 bits per heavy atom. The van der Waals surface area contributed by atoms with Crippen LogP contribution >= 0.6 is 15.9 Å². The average Bonchev–Trinajstić information content (AvgIpc) is 2.28. The van der Waals surface area contributed by atoms with E-state index < -0.39 is 0 Å². The topological polar surface area (TPSA) is 21.3 Å². The molecule has 2 nitrogen and oxygen atoms in total. The summed E-state index contributed by atoms with van der Waals surface area (Å²) in [6.07, 6.45) is 1.10. The van der Waals surface area contributed by atoms with Crippen LogP contribution in [0, 0.1) is 5.41 Å². The molecule has 0 aromatic heterocycles. The fourth-order valence-corrected chi connectivity index (χ4v) is 2.56. The molecule has 0 spiro atoms. The number of rotatable bonds is 5. The molecule has 3 heteroatoms. The minimum atomic E-state index is 0.333. The van der Waals surface area contributed by atoms with E-state index in [1.54, 1.807) is 0 Å². The SMILES string of the molecule is CCC(NCC1(C)COC1)c1cccc(Br)c1. The van der Waals surface area contributed by atoms with Gasteiger partial charge in [0.1, 0.15) is 0 Å². The highest BCUT2D eigenvalue weighted by molar-refractivity contribution is 9.10. The van der Waals surface area contributed by atoms with Crippen LogP contribution in [0.4, 0.5) is 0 Å². The first-order chi connectivity index (χ1) is 8.13. The van der Waals surface area contributed by atoms with Gasteiger partial charge in [-0.25, -0.2) is 0 Å². The molecule has 17 heavy (non-hydrogen) atoms. The van der Waals surface area contributed by atoms with Crippen molar-refractivity contribution in [2.45, 2.75) is 26.3 Å². The van der Waals surface area contributed by atoms with Crippen molar-refractivity contribution in [1.82, 2.24) is 5.32 Å². The predicted molar refractivity (Wildman–Crippen MR) is 74.1 cm³/mol. The Labute approximate surface area is 112 Å². The van der Waals surface area contributed by atoms with Crippen LogP contribution < -0.4 is 5.32 Å². The third-order valence-corrected chi connectivity index (χ3v) is 3.83. The van der Waals surface area contributed by atoms with Gasteiger partial charge in [0.15, 0.2) is 0 Å². The number of halogens is 1. The van der Waals surface area contributed by atoms with Gasteiger partial charge in [0, 0.05) is 22.5 Å². The van der Waals surface area contributed by atoms with Crippen molar-refractivity contribution >= 4 is 15.9 Å². The van der Waals surface area contributed by atoms with Crippen molar-refractivity contribution < 1.29 is 4.74 Å². The fourth-order valence-electron chi connectivity index (χ4n) is 2.14. The molecule has 0 bridgehead atoms. The summed E-state index contributed by atoms with van der Waals surface area (Å²) >= 11 is 3.53. The lowest BCUT2D eigenvalue weighted by Crippen LogP contribution is -2.47. The molecule has 1 saturated heterocycles. The zero-order chi connectivity index (χ0) is 12.3. The molecule has 0 aliphatic carbocycles. The first-order valence-electron chi connectivity index (χ1n) is 6.19. The Hall–Kier alpha value is -0.380. The first kappa shape index (κ1) is 13.1. The van der Waals surface area contributed by atoms with Gasteiger partial charge in [-0.15, -0.1) is 0 Å². The lowest BCUT2D eigenvalue weighted by molar-refractivity contribution is -0.100. The van der Waals surface area contributed by atoms with Gasteiger partial charge in [-0.1, -0.05) is 41.9 Å². The van der Waals surface area contributed by atoms with Crippen molar-refractivity contribution in [1.29, 1.82) is 0 Å². The Balaban J connectivity index is 1.96. The van der Waals surface area contributed by atoms with Gasteiger partial charge < -0.3 is 10.1 Å². The van der Waals surface area contributed by atoms with E-state index in [1.807, 2.05) is 0 Å². The van der Waals surface area contributed by atoms with E-state index >= 15 is 0 Å². The van der Waals surface area contributed by atoms with Crippen molar-refractivity contribution in [3.63, 3.8) is 0 Å². The lowest BCUT2D eigenvalue weighted by atomic mass is 9.88. The summed E-state index contributed by atoms with van der Waals surface area (Å²) in [7, 11) is 0. The van der Waals surface area contributed by atoms with E-state index in [9.17, 15) is 0 Å². The van der Waals surface area contributed by atoms with E-state index in [0.717, 1.165) is 30.7 Å². The molecular formula is C14H20BrNO. The van der Waals surface area contributed by atoms with E-state index in [4.69, 9.17) is 4.74 Å². The van der Waals surface area contributed by atoms with Crippen LogP contribution in [0.3, 0.4) is 0 Å². The first-order valence-corrected chi connectivity index (χ1v) is 6.99. The molecule has 1 aliphatic rings. The Morgan fingerprint density at radius 3 is 2.76 bits per heavy atom. The third-order valence-electron chi connectivity index (χ3n) is 3.34. The van der Waals surface area contributed by atoms with Crippen molar-refractivity contribution in [2.24, 2.45) is 5.41 Å². The molecule has 2 rings (SSSR count). The standard InChI is InChI=1S/C14H20BrNO/c1-3-13(11-5-4-6-12(15)7-11)16-8-14(2)9-17-10-14/h4-7,13,16H,3,8-10H2,1-2H3. The van der Waals surface area contributed by atoms with Gasteiger partial charge in [-0.05, 0) is 24.1 Å². The lowest BCUT2D eigenvalue weighted by Gasteiger charge is -2.39. The van der Waals surface area contributed by atoms with Crippen molar-refractivity contribution in [3.8, 4) is 0 Å². The number of benzene rings is 1. The molecule has 1 N–H and O–H groups in total. The molecule has 94 valence electrons. The van der Waals surface area contributed by atoms with Crippen molar-refractivity contribution in [2.75, 3.05) is 19.8 Å². The Kier molecular flexibility index (Phi) is 4.23. The zero-order valence-corrected chi connectivity index (χ0v) is 12.1. The molecule has 0 amide bonds. The van der Waals surface area contributed by atoms with Crippen LogP contribution in [-0.4, -0.2) is 19.8 Å². The summed E-state index contributed by atoms with van der Waals surface area (Å²) in [5, 5.41) is 3.65. The quantitative estimate of drug-likeness (QED) is 0.898. The van der Waals surface area contributed by atoms with Crippen LogP contribution in [0.5, 0.6) is 0 Å². The van der Waals surface area contributed by atoms with Gasteiger partial charge >= 0.3 is 0 Å². The van der Waals surface area contributed by atoms with E-state index in [-0.39, 0.29) is 0 Å². The molecule has 0 radical (unpaired) electrons. The summed E-state index contributed by atoms with van der Waals surface area (Å²) in [6.45, 7) is 7.29. The largest absolute Gasteiger partial charge is 0.380 e. The molecule has 1 aromatic carbocycles. The second kappa shape index (κ2) is 5.51. The van der Waals surface area contributed by atoms with E-state index in [0.29, 0.717) is 11.5 Å². The van der Waals surface area contributed by atoms with Gasteiger partial charge in [0.2, 0.25) is 0 Å². The maximum absolute atomic E-state index is 5.28. The van der Waals surface area contributed by atoms with E-state index in [1.165, 1.54) is 5.56 Å². The highest BCUT2D eigenvalue weighted by atomic mass is 79.9. The minimum Gasteiger partial charge on any atom is -0.380 e. The number of ether oxygens (including phenoxy) is 1. The normalized spacial score (nSPS) is 19.7. The molecule has 1 unspecified atom stereocenters. The summed E-state index contributed by atoms with van der Waals surface area (Å²) in [4.78, 5) is 0. The maximum Gasteiger partial charge on any atom is 0.0554 e. The molecule has 1 atom stereocenters. The van der Waals surface area contributed by atoms with Gasteiger partial charge in [-0.2, -0.15) is 0 Å².